The van der Waals surface area contributed by atoms with Crippen molar-refractivity contribution in [3.05, 3.63) is 48.3 Å². The summed E-state index contributed by atoms with van der Waals surface area (Å²) in [5, 5.41) is 9.70. The molecule has 0 fully saturated rings. The predicted molar refractivity (Wildman–Crippen MR) is 80.3 cm³/mol. The minimum atomic E-state index is -0.513. The number of aliphatic hydroxyl groups is 1. The number of hydrogen-bond donors (Lipinski definition) is 1. The SMILES string of the molecule is CC[C@H](O)c1ccc(Oc2cccc(N(C)C)c2)cn1. The fourth-order valence-electron chi connectivity index (χ4n) is 1.82. The number of rotatable bonds is 5. The Bertz CT molecular complexity index is 553. The van der Waals surface area contributed by atoms with E-state index in [1.807, 2.05) is 56.3 Å². The molecule has 0 aliphatic carbocycles. The molecule has 0 aliphatic heterocycles. The van der Waals surface area contributed by atoms with Gasteiger partial charge < -0.3 is 14.7 Å². The summed E-state index contributed by atoms with van der Waals surface area (Å²) in [4.78, 5) is 6.24. The van der Waals surface area contributed by atoms with Gasteiger partial charge in [-0.1, -0.05) is 13.0 Å². The van der Waals surface area contributed by atoms with Crippen molar-refractivity contribution in [1.82, 2.24) is 4.98 Å². The summed E-state index contributed by atoms with van der Waals surface area (Å²) in [6.45, 7) is 1.92. The molecule has 1 aromatic heterocycles. The molecule has 1 heterocycles. The topological polar surface area (TPSA) is 45.6 Å². The summed E-state index contributed by atoms with van der Waals surface area (Å²) >= 11 is 0. The van der Waals surface area contributed by atoms with Gasteiger partial charge in [0.25, 0.3) is 0 Å². The second kappa shape index (κ2) is 6.39. The standard InChI is InChI=1S/C16H20N2O2/c1-4-16(19)15-9-8-14(11-17-15)20-13-7-5-6-12(10-13)18(2)3/h5-11,16,19H,4H2,1-3H3/t16-/m0/s1. The van der Waals surface area contributed by atoms with E-state index in [-0.39, 0.29) is 0 Å². The molecule has 1 atom stereocenters. The smallest absolute Gasteiger partial charge is 0.145 e. The zero-order chi connectivity index (χ0) is 14.5. The van der Waals surface area contributed by atoms with Gasteiger partial charge in [0.05, 0.1) is 18.0 Å². The maximum atomic E-state index is 9.70. The van der Waals surface area contributed by atoms with E-state index in [4.69, 9.17) is 4.74 Å². The van der Waals surface area contributed by atoms with Crippen LogP contribution in [0.3, 0.4) is 0 Å². The zero-order valence-electron chi connectivity index (χ0n) is 12.1. The van der Waals surface area contributed by atoms with E-state index in [1.165, 1.54) is 0 Å². The molecular weight excluding hydrogens is 252 g/mol. The van der Waals surface area contributed by atoms with E-state index < -0.39 is 6.10 Å². The second-order valence-corrected chi connectivity index (χ2v) is 4.84. The maximum absolute atomic E-state index is 9.70. The van der Waals surface area contributed by atoms with E-state index in [0.29, 0.717) is 17.9 Å². The molecule has 0 amide bonds. The summed E-state index contributed by atoms with van der Waals surface area (Å²) in [6.07, 6.45) is 1.77. The minimum absolute atomic E-state index is 0.513. The normalized spacial score (nSPS) is 12.0. The van der Waals surface area contributed by atoms with Crippen LogP contribution in [0.4, 0.5) is 5.69 Å². The number of nitrogens with zero attached hydrogens (tertiary/aromatic N) is 2. The lowest BCUT2D eigenvalue weighted by molar-refractivity contribution is 0.169. The highest BCUT2D eigenvalue weighted by molar-refractivity contribution is 5.50. The number of pyridine rings is 1. The summed E-state index contributed by atoms with van der Waals surface area (Å²) in [6, 6.07) is 11.5. The van der Waals surface area contributed by atoms with Gasteiger partial charge in [0.2, 0.25) is 0 Å². The molecule has 0 aliphatic rings. The third-order valence-electron chi connectivity index (χ3n) is 3.06. The number of anilines is 1. The molecule has 20 heavy (non-hydrogen) atoms. The van der Waals surface area contributed by atoms with Crippen molar-refractivity contribution in [1.29, 1.82) is 0 Å². The first-order valence-corrected chi connectivity index (χ1v) is 6.69. The van der Waals surface area contributed by atoms with Gasteiger partial charge in [-0.2, -0.15) is 0 Å². The van der Waals surface area contributed by atoms with Crippen LogP contribution >= 0.6 is 0 Å². The third-order valence-corrected chi connectivity index (χ3v) is 3.06. The molecular formula is C16H20N2O2. The summed E-state index contributed by atoms with van der Waals surface area (Å²) < 4.78 is 5.77. The number of aromatic nitrogens is 1. The van der Waals surface area contributed by atoms with Crippen LogP contribution in [-0.4, -0.2) is 24.2 Å². The lowest BCUT2D eigenvalue weighted by Crippen LogP contribution is -2.08. The van der Waals surface area contributed by atoms with E-state index in [2.05, 4.69) is 4.98 Å². The first-order chi connectivity index (χ1) is 9.60. The van der Waals surface area contributed by atoms with Gasteiger partial charge in [0.1, 0.15) is 11.5 Å². The van der Waals surface area contributed by atoms with Crippen LogP contribution in [0.5, 0.6) is 11.5 Å². The Balaban J connectivity index is 2.12. The van der Waals surface area contributed by atoms with Crippen molar-refractivity contribution in [2.75, 3.05) is 19.0 Å². The van der Waals surface area contributed by atoms with E-state index in [0.717, 1.165) is 11.4 Å². The molecule has 0 bridgehead atoms. The van der Waals surface area contributed by atoms with Crippen molar-refractivity contribution in [2.45, 2.75) is 19.4 Å². The fourth-order valence-corrected chi connectivity index (χ4v) is 1.82. The number of benzene rings is 1. The van der Waals surface area contributed by atoms with Gasteiger partial charge in [0.15, 0.2) is 0 Å². The van der Waals surface area contributed by atoms with Crippen molar-refractivity contribution < 1.29 is 9.84 Å². The highest BCUT2D eigenvalue weighted by atomic mass is 16.5. The van der Waals surface area contributed by atoms with Crippen molar-refractivity contribution in [3.8, 4) is 11.5 Å². The largest absolute Gasteiger partial charge is 0.456 e. The van der Waals surface area contributed by atoms with Crippen LogP contribution in [0, 0.1) is 0 Å². The van der Waals surface area contributed by atoms with Crippen molar-refractivity contribution >= 4 is 5.69 Å². The summed E-state index contributed by atoms with van der Waals surface area (Å²) in [5.74, 6) is 1.43. The number of ether oxygens (including phenoxy) is 1. The Morgan fingerprint density at radius 1 is 1.20 bits per heavy atom. The highest BCUT2D eigenvalue weighted by Crippen LogP contribution is 2.25. The van der Waals surface area contributed by atoms with Crippen molar-refractivity contribution in [3.63, 3.8) is 0 Å². The highest BCUT2D eigenvalue weighted by Gasteiger charge is 2.06. The van der Waals surface area contributed by atoms with E-state index >= 15 is 0 Å². The monoisotopic (exact) mass is 272 g/mol. The predicted octanol–water partition coefficient (Wildman–Crippen LogP) is 3.38. The van der Waals surface area contributed by atoms with Gasteiger partial charge in [-0.3, -0.25) is 4.98 Å². The van der Waals surface area contributed by atoms with Gasteiger partial charge in [-0.25, -0.2) is 0 Å². The lowest BCUT2D eigenvalue weighted by Gasteiger charge is -2.14. The van der Waals surface area contributed by atoms with Crippen molar-refractivity contribution in [2.24, 2.45) is 0 Å². The quantitative estimate of drug-likeness (QED) is 0.906. The molecule has 0 saturated carbocycles. The average molecular weight is 272 g/mol. The van der Waals surface area contributed by atoms with Crippen LogP contribution in [0.2, 0.25) is 0 Å². The van der Waals surface area contributed by atoms with Gasteiger partial charge in [0, 0.05) is 25.8 Å². The Morgan fingerprint density at radius 2 is 2.00 bits per heavy atom. The molecule has 0 spiro atoms. The molecule has 2 aromatic rings. The molecule has 106 valence electrons. The van der Waals surface area contributed by atoms with Gasteiger partial charge in [-0.15, -0.1) is 0 Å². The molecule has 1 N–H and O–H groups in total. The summed E-state index contributed by atoms with van der Waals surface area (Å²) in [5.41, 5.74) is 1.75. The molecule has 2 rings (SSSR count). The van der Waals surface area contributed by atoms with E-state index in [1.54, 1.807) is 12.3 Å². The van der Waals surface area contributed by atoms with Crippen LogP contribution in [0.25, 0.3) is 0 Å². The van der Waals surface area contributed by atoms with Crippen LogP contribution in [0.1, 0.15) is 25.1 Å². The Kier molecular flexibility index (Phi) is 4.58. The van der Waals surface area contributed by atoms with Gasteiger partial charge in [-0.05, 0) is 30.7 Å². The molecule has 0 radical (unpaired) electrons. The lowest BCUT2D eigenvalue weighted by atomic mass is 10.2. The van der Waals surface area contributed by atoms with Crippen LogP contribution < -0.4 is 9.64 Å². The zero-order valence-corrected chi connectivity index (χ0v) is 12.1. The molecule has 0 saturated heterocycles. The van der Waals surface area contributed by atoms with Gasteiger partial charge >= 0.3 is 0 Å². The fraction of sp³-hybridized carbons (Fsp3) is 0.312. The molecule has 4 heteroatoms. The minimum Gasteiger partial charge on any atom is -0.456 e. The molecule has 1 aromatic carbocycles. The number of aliphatic hydroxyl groups excluding tert-OH is 1. The van der Waals surface area contributed by atoms with Crippen LogP contribution in [-0.2, 0) is 0 Å². The Labute approximate surface area is 119 Å². The summed E-state index contributed by atoms with van der Waals surface area (Å²) in [7, 11) is 3.98. The number of hydrogen-bond acceptors (Lipinski definition) is 4. The average Bonchev–Trinajstić information content (AvgIpc) is 2.47. The molecule has 0 unspecified atom stereocenters. The second-order valence-electron chi connectivity index (χ2n) is 4.84. The van der Waals surface area contributed by atoms with Crippen LogP contribution in [0.15, 0.2) is 42.6 Å². The Morgan fingerprint density at radius 3 is 2.60 bits per heavy atom. The Hall–Kier alpha value is -2.07. The maximum Gasteiger partial charge on any atom is 0.145 e. The molecule has 4 nitrogen and oxygen atoms in total. The third kappa shape index (κ3) is 3.48. The first-order valence-electron chi connectivity index (χ1n) is 6.69. The first kappa shape index (κ1) is 14.3. The van der Waals surface area contributed by atoms with E-state index in [9.17, 15) is 5.11 Å².